The quantitative estimate of drug-likeness (QED) is 0.608. The van der Waals surface area contributed by atoms with Crippen molar-refractivity contribution < 1.29 is 9.59 Å². The summed E-state index contributed by atoms with van der Waals surface area (Å²) in [6, 6.07) is 13.4. The summed E-state index contributed by atoms with van der Waals surface area (Å²) in [5.41, 5.74) is 4.32. The van der Waals surface area contributed by atoms with E-state index in [0.29, 0.717) is 6.54 Å². The molecule has 156 valence electrons. The zero-order chi connectivity index (χ0) is 21.6. The van der Waals surface area contributed by atoms with Crippen LogP contribution in [0.1, 0.15) is 49.4 Å². The molecular formula is C24H31BrN2O2. The highest BCUT2D eigenvalue weighted by molar-refractivity contribution is 9.10. The minimum Gasteiger partial charge on any atom is -0.352 e. The highest BCUT2D eigenvalue weighted by Gasteiger charge is 2.26. The molecule has 2 amide bonds. The molecule has 1 N–H and O–H groups in total. The molecule has 0 unspecified atom stereocenters. The standard InChI is InChI=1S/C24H31BrN2O2/c1-6-18(4)26-24(29)19(5)27(15-20-9-11-22(25)12-10-20)23(28)14-21-8-7-16(2)17(3)13-21/h7-13,18-19H,6,14-15H2,1-5H3,(H,26,29)/t18-,19-/m0/s1. The van der Waals surface area contributed by atoms with E-state index in [4.69, 9.17) is 0 Å². The fourth-order valence-electron chi connectivity index (χ4n) is 3.02. The number of carbonyl (C=O) groups excluding carboxylic acids is 2. The maximum atomic E-state index is 13.2. The SMILES string of the molecule is CC[C@H](C)NC(=O)[C@H](C)N(Cc1ccc(Br)cc1)C(=O)Cc1ccc(C)c(C)c1. The summed E-state index contributed by atoms with van der Waals surface area (Å²) in [7, 11) is 0. The van der Waals surface area contributed by atoms with Crippen LogP contribution in [-0.2, 0) is 22.6 Å². The molecule has 0 aliphatic carbocycles. The van der Waals surface area contributed by atoms with Crippen LogP contribution in [0.3, 0.4) is 0 Å². The molecule has 2 atom stereocenters. The first-order chi connectivity index (χ1) is 13.7. The van der Waals surface area contributed by atoms with Crippen molar-refractivity contribution in [1.29, 1.82) is 0 Å². The predicted molar refractivity (Wildman–Crippen MR) is 122 cm³/mol. The monoisotopic (exact) mass is 458 g/mol. The van der Waals surface area contributed by atoms with E-state index in [1.165, 1.54) is 5.56 Å². The van der Waals surface area contributed by atoms with Gasteiger partial charge in [0.1, 0.15) is 6.04 Å². The van der Waals surface area contributed by atoms with Gasteiger partial charge in [0.2, 0.25) is 11.8 Å². The molecule has 0 bridgehead atoms. The van der Waals surface area contributed by atoms with Crippen LogP contribution in [0.4, 0.5) is 0 Å². The molecular weight excluding hydrogens is 428 g/mol. The summed E-state index contributed by atoms with van der Waals surface area (Å²) in [6.45, 7) is 10.3. The van der Waals surface area contributed by atoms with Crippen LogP contribution in [-0.4, -0.2) is 28.8 Å². The van der Waals surface area contributed by atoms with Crippen molar-refractivity contribution in [3.05, 3.63) is 69.2 Å². The number of carbonyl (C=O) groups is 2. The summed E-state index contributed by atoms with van der Waals surface area (Å²) >= 11 is 3.44. The Balaban J connectivity index is 2.23. The second-order valence-electron chi connectivity index (χ2n) is 7.74. The van der Waals surface area contributed by atoms with E-state index in [9.17, 15) is 9.59 Å². The van der Waals surface area contributed by atoms with E-state index in [1.807, 2.05) is 57.2 Å². The molecule has 0 aliphatic heterocycles. The summed E-state index contributed by atoms with van der Waals surface area (Å²) in [6.07, 6.45) is 1.13. The third-order valence-corrected chi connectivity index (χ3v) is 5.89. The lowest BCUT2D eigenvalue weighted by atomic mass is 10.0. The van der Waals surface area contributed by atoms with Gasteiger partial charge in [-0.25, -0.2) is 0 Å². The second kappa shape index (κ2) is 10.6. The van der Waals surface area contributed by atoms with E-state index in [2.05, 4.69) is 34.2 Å². The van der Waals surface area contributed by atoms with Crippen LogP contribution >= 0.6 is 15.9 Å². The Kier molecular flexibility index (Phi) is 8.45. The Morgan fingerprint density at radius 3 is 2.21 bits per heavy atom. The largest absolute Gasteiger partial charge is 0.352 e. The number of aryl methyl sites for hydroxylation is 2. The highest BCUT2D eigenvalue weighted by atomic mass is 79.9. The summed E-state index contributed by atoms with van der Waals surface area (Å²) in [5.74, 6) is -0.173. The fourth-order valence-corrected chi connectivity index (χ4v) is 3.29. The third-order valence-electron chi connectivity index (χ3n) is 5.36. The van der Waals surface area contributed by atoms with E-state index in [1.54, 1.807) is 11.8 Å². The lowest BCUT2D eigenvalue weighted by molar-refractivity contribution is -0.140. The highest BCUT2D eigenvalue weighted by Crippen LogP contribution is 2.17. The summed E-state index contributed by atoms with van der Waals surface area (Å²) < 4.78 is 0.983. The molecule has 0 heterocycles. The number of hydrogen-bond donors (Lipinski definition) is 1. The third kappa shape index (κ3) is 6.70. The van der Waals surface area contributed by atoms with Gasteiger partial charge in [-0.05, 0) is 68.5 Å². The predicted octanol–water partition coefficient (Wildman–Crippen LogP) is 4.94. The normalized spacial score (nSPS) is 12.9. The number of halogens is 1. The number of rotatable bonds is 8. The minimum absolute atomic E-state index is 0.0528. The van der Waals surface area contributed by atoms with E-state index >= 15 is 0 Å². The molecule has 4 nitrogen and oxygen atoms in total. The molecule has 0 saturated heterocycles. The van der Waals surface area contributed by atoms with E-state index < -0.39 is 6.04 Å². The molecule has 2 rings (SSSR count). The van der Waals surface area contributed by atoms with Crippen LogP contribution in [0.5, 0.6) is 0 Å². The summed E-state index contributed by atoms with van der Waals surface area (Å²) in [4.78, 5) is 27.6. The lowest BCUT2D eigenvalue weighted by Crippen LogP contribution is -2.49. The Hall–Kier alpha value is -2.14. The van der Waals surface area contributed by atoms with Gasteiger partial charge in [0.05, 0.1) is 6.42 Å². The van der Waals surface area contributed by atoms with Gasteiger partial charge >= 0.3 is 0 Å². The van der Waals surface area contributed by atoms with Gasteiger partial charge in [-0.3, -0.25) is 9.59 Å². The van der Waals surface area contributed by atoms with Crippen LogP contribution in [0.2, 0.25) is 0 Å². The van der Waals surface area contributed by atoms with Crippen molar-refractivity contribution >= 4 is 27.7 Å². The van der Waals surface area contributed by atoms with Gasteiger partial charge in [0, 0.05) is 17.1 Å². The van der Waals surface area contributed by atoms with Crippen molar-refractivity contribution in [1.82, 2.24) is 10.2 Å². The van der Waals surface area contributed by atoms with Gasteiger partial charge in [-0.15, -0.1) is 0 Å². The number of nitrogens with one attached hydrogen (secondary N) is 1. The van der Waals surface area contributed by atoms with Crippen LogP contribution in [0, 0.1) is 13.8 Å². The van der Waals surface area contributed by atoms with Crippen LogP contribution in [0.15, 0.2) is 46.9 Å². The maximum Gasteiger partial charge on any atom is 0.242 e. The molecule has 29 heavy (non-hydrogen) atoms. The summed E-state index contributed by atoms with van der Waals surface area (Å²) in [5, 5.41) is 3.00. The lowest BCUT2D eigenvalue weighted by Gasteiger charge is -2.30. The number of amides is 2. The van der Waals surface area contributed by atoms with Crippen molar-refractivity contribution in [2.75, 3.05) is 0 Å². The zero-order valence-corrected chi connectivity index (χ0v) is 19.5. The molecule has 0 aliphatic rings. The molecule has 0 fully saturated rings. The Bertz CT molecular complexity index is 848. The van der Waals surface area contributed by atoms with E-state index in [-0.39, 0.29) is 24.3 Å². The van der Waals surface area contributed by atoms with Gasteiger partial charge in [-0.2, -0.15) is 0 Å². The fraction of sp³-hybridized carbons (Fsp3) is 0.417. The van der Waals surface area contributed by atoms with Gasteiger partial charge < -0.3 is 10.2 Å². The minimum atomic E-state index is -0.549. The molecule has 2 aromatic carbocycles. The Morgan fingerprint density at radius 2 is 1.62 bits per heavy atom. The molecule has 5 heteroatoms. The maximum absolute atomic E-state index is 13.2. The molecule has 0 saturated carbocycles. The Labute approximate surface area is 182 Å². The van der Waals surface area contributed by atoms with Crippen molar-refractivity contribution in [2.45, 2.75) is 66.1 Å². The van der Waals surface area contributed by atoms with Gasteiger partial charge in [0.15, 0.2) is 0 Å². The van der Waals surface area contributed by atoms with Gasteiger partial charge in [0.25, 0.3) is 0 Å². The van der Waals surface area contributed by atoms with Crippen molar-refractivity contribution in [3.8, 4) is 0 Å². The number of benzene rings is 2. The molecule has 2 aromatic rings. The first-order valence-electron chi connectivity index (χ1n) is 10.1. The van der Waals surface area contributed by atoms with Crippen molar-refractivity contribution in [2.24, 2.45) is 0 Å². The Morgan fingerprint density at radius 1 is 1.00 bits per heavy atom. The first-order valence-corrected chi connectivity index (χ1v) is 10.9. The topological polar surface area (TPSA) is 49.4 Å². The first kappa shape index (κ1) is 23.1. The van der Waals surface area contributed by atoms with E-state index in [0.717, 1.165) is 27.6 Å². The molecule has 0 radical (unpaired) electrons. The molecule has 0 aromatic heterocycles. The average Bonchev–Trinajstić information content (AvgIpc) is 2.69. The zero-order valence-electron chi connectivity index (χ0n) is 18.0. The second-order valence-corrected chi connectivity index (χ2v) is 8.65. The number of hydrogen-bond acceptors (Lipinski definition) is 2. The number of nitrogens with zero attached hydrogens (tertiary/aromatic N) is 1. The van der Waals surface area contributed by atoms with Crippen LogP contribution in [0.25, 0.3) is 0 Å². The smallest absolute Gasteiger partial charge is 0.242 e. The van der Waals surface area contributed by atoms with Crippen molar-refractivity contribution in [3.63, 3.8) is 0 Å². The van der Waals surface area contributed by atoms with Crippen LogP contribution < -0.4 is 5.32 Å². The van der Waals surface area contributed by atoms with Gasteiger partial charge in [-0.1, -0.05) is 53.2 Å². The molecule has 0 spiro atoms. The average molecular weight is 459 g/mol.